The van der Waals surface area contributed by atoms with Crippen LogP contribution in [0.3, 0.4) is 0 Å². The standard InChI is InChI=1S/C22H21N5O/c1-15-14-27-11-5-8-18(21(27)23-15)22(28)26-12-9-17-19(10-13-26)24-25-20(17)16-6-3-2-4-7-16/h2-8,11,14H,9-10,12-13H2,1H3,(H,24,25). The number of hydrogen-bond donors (Lipinski definition) is 1. The fourth-order valence-corrected chi connectivity index (χ4v) is 3.99. The van der Waals surface area contributed by atoms with Gasteiger partial charge >= 0.3 is 0 Å². The molecule has 6 heteroatoms. The molecule has 0 radical (unpaired) electrons. The smallest absolute Gasteiger partial charge is 0.257 e. The van der Waals surface area contributed by atoms with Crippen molar-refractivity contribution in [3.05, 3.63) is 77.4 Å². The van der Waals surface area contributed by atoms with Gasteiger partial charge in [0, 0.05) is 48.7 Å². The first-order valence-electron chi connectivity index (χ1n) is 9.56. The predicted octanol–water partition coefficient (Wildman–Crippen LogP) is 3.27. The van der Waals surface area contributed by atoms with E-state index < -0.39 is 0 Å². The zero-order chi connectivity index (χ0) is 19.1. The van der Waals surface area contributed by atoms with Crippen molar-refractivity contribution in [3.8, 4) is 11.3 Å². The van der Waals surface area contributed by atoms with E-state index in [1.807, 2.05) is 58.9 Å². The lowest BCUT2D eigenvalue weighted by Crippen LogP contribution is -2.33. The summed E-state index contributed by atoms with van der Waals surface area (Å²) >= 11 is 0. The molecule has 1 amide bonds. The van der Waals surface area contributed by atoms with Gasteiger partial charge in [-0.05, 0) is 25.5 Å². The Balaban J connectivity index is 1.43. The number of nitrogens with zero attached hydrogens (tertiary/aromatic N) is 4. The number of nitrogens with one attached hydrogen (secondary N) is 1. The van der Waals surface area contributed by atoms with Gasteiger partial charge < -0.3 is 9.30 Å². The van der Waals surface area contributed by atoms with Crippen molar-refractivity contribution in [2.75, 3.05) is 13.1 Å². The van der Waals surface area contributed by atoms with E-state index in [0.717, 1.165) is 41.1 Å². The van der Waals surface area contributed by atoms with Crippen LogP contribution in [0, 0.1) is 6.92 Å². The largest absolute Gasteiger partial charge is 0.338 e. The molecule has 5 rings (SSSR count). The number of carbonyl (C=O) groups excluding carboxylic acids is 1. The van der Waals surface area contributed by atoms with E-state index in [1.54, 1.807) is 0 Å². The van der Waals surface area contributed by atoms with Gasteiger partial charge in [0.2, 0.25) is 0 Å². The van der Waals surface area contributed by atoms with Crippen molar-refractivity contribution in [1.82, 2.24) is 24.5 Å². The Morgan fingerprint density at radius 2 is 1.89 bits per heavy atom. The van der Waals surface area contributed by atoms with Gasteiger partial charge in [0.1, 0.15) is 5.65 Å². The third-order valence-corrected chi connectivity index (χ3v) is 5.38. The zero-order valence-electron chi connectivity index (χ0n) is 15.7. The second-order valence-electron chi connectivity index (χ2n) is 7.22. The quantitative estimate of drug-likeness (QED) is 0.588. The number of aromatic nitrogens is 4. The third-order valence-electron chi connectivity index (χ3n) is 5.38. The van der Waals surface area contributed by atoms with Gasteiger partial charge in [-0.15, -0.1) is 0 Å². The number of fused-ring (bicyclic) bond motifs is 2. The SMILES string of the molecule is Cc1cn2cccc(C(=O)N3CCc4[nH]nc(-c5ccccc5)c4CC3)c2n1. The lowest BCUT2D eigenvalue weighted by molar-refractivity contribution is 0.0764. The average Bonchev–Trinajstić information content (AvgIpc) is 3.24. The summed E-state index contributed by atoms with van der Waals surface area (Å²) in [6.07, 6.45) is 5.43. The number of pyridine rings is 1. The Hall–Kier alpha value is -3.41. The van der Waals surface area contributed by atoms with Crippen molar-refractivity contribution in [3.63, 3.8) is 0 Å². The Kier molecular flexibility index (Phi) is 3.97. The summed E-state index contributed by atoms with van der Waals surface area (Å²) in [7, 11) is 0. The summed E-state index contributed by atoms with van der Waals surface area (Å²) in [6, 6.07) is 14.0. The van der Waals surface area contributed by atoms with Crippen molar-refractivity contribution < 1.29 is 4.79 Å². The monoisotopic (exact) mass is 371 g/mol. The molecule has 0 unspecified atom stereocenters. The van der Waals surface area contributed by atoms with E-state index in [9.17, 15) is 4.79 Å². The fourth-order valence-electron chi connectivity index (χ4n) is 3.99. The summed E-state index contributed by atoms with van der Waals surface area (Å²) in [5, 5.41) is 7.73. The van der Waals surface area contributed by atoms with Crippen molar-refractivity contribution in [2.24, 2.45) is 0 Å². The number of rotatable bonds is 2. The number of imidazole rings is 1. The number of carbonyl (C=O) groups is 1. The minimum atomic E-state index is 0.0376. The lowest BCUT2D eigenvalue weighted by Gasteiger charge is -2.20. The zero-order valence-corrected chi connectivity index (χ0v) is 15.7. The average molecular weight is 371 g/mol. The highest BCUT2D eigenvalue weighted by Crippen LogP contribution is 2.27. The van der Waals surface area contributed by atoms with Gasteiger partial charge in [0.15, 0.2) is 0 Å². The first kappa shape index (κ1) is 16.7. The van der Waals surface area contributed by atoms with Crippen LogP contribution >= 0.6 is 0 Å². The summed E-state index contributed by atoms with van der Waals surface area (Å²) < 4.78 is 1.92. The molecule has 6 nitrogen and oxygen atoms in total. The second kappa shape index (κ2) is 6.64. The van der Waals surface area contributed by atoms with Gasteiger partial charge in [-0.3, -0.25) is 9.89 Å². The topological polar surface area (TPSA) is 66.3 Å². The van der Waals surface area contributed by atoms with Gasteiger partial charge in [-0.25, -0.2) is 4.98 Å². The summed E-state index contributed by atoms with van der Waals surface area (Å²) in [4.78, 5) is 19.7. The Morgan fingerprint density at radius 1 is 1.07 bits per heavy atom. The molecule has 4 aromatic rings. The molecule has 0 saturated carbocycles. The predicted molar refractivity (Wildman–Crippen MR) is 107 cm³/mol. The minimum Gasteiger partial charge on any atom is -0.338 e. The first-order valence-corrected chi connectivity index (χ1v) is 9.56. The maximum absolute atomic E-state index is 13.3. The molecule has 0 fully saturated rings. The van der Waals surface area contributed by atoms with E-state index in [2.05, 4.69) is 27.3 Å². The highest BCUT2D eigenvalue weighted by molar-refractivity contribution is 5.99. The number of H-pyrrole nitrogens is 1. The molecule has 0 aliphatic carbocycles. The molecule has 28 heavy (non-hydrogen) atoms. The molecule has 1 N–H and O–H groups in total. The molecule has 0 saturated heterocycles. The highest BCUT2D eigenvalue weighted by atomic mass is 16.2. The third kappa shape index (κ3) is 2.78. The molecule has 0 spiro atoms. The van der Waals surface area contributed by atoms with Crippen LogP contribution in [0.2, 0.25) is 0 Å². The molecular formula is C22H21N5O. The van der Waals surface area contributed by atoms with Crippen LogP contribution in [0.1, 0.15) is 27.3 Å². The van der Waals surface area contributed by atoms with Crippen molar-refractivity contribution in [1.29, 1.82) is 0 Å². The molecule has 0 bridgehead atoms. The van der Waals surface area contributed by atoms with E-state index in [-0.39, 0.29) is 5.91 Å². The van der Waals surface area contributed by atoms with Crippen molar-refractivity contribution >= 4 is 11.6 Å². The van der Waals surface area contributed by atoms with Crippen molar-refractivity contribution in [2.45, 2.75) is 19.8 Å². The maximum atomic E-state index is 13.3. The number of amides is 1. The number of hydrogen-bond acceptors (Lipinski definition) is 3. The summed E-state index contributed by atoms with van der Waals surface area (Å²) in [6.45, 7) is 3.28. The number of benzene rings is 1. The molecule has 3 aromatic heterocycles. The molecule has 1 aliphatic heterocycles. The van der Waals surface area contributed by atoms with E-state index in [1.165, 1.54) is 5.56 Å². The molecular weight excluding hydrogens is 350 g/mol. The first-order chi connectivity index (χ1) is 13.7. The fraction of sp³-hybridized carbons (Fsp3) is 0.227. The normalized spacial score (nSPS) is 14.1. The van der Waals surface area contributed by atoms with Crippen LogP contribution in [-0.4, -0.2) is 43.5 Å². The molecule has 1 aliphatic rings. The van der Waals surface area contributed by atoms with Crippen LogP contribution in [-0.2, 0) is 12.8 Å². The van der Waals surface area contributed by atoms with Gasteiger partial charge in [-0.1, -0.05) is 30.3 Å². The Morgan fingerprint density at radius 3 is 2.75 bits per heavy atom. The minimum absolute atomic E-state index is 0.0376. The molecule has 1 aromatic carbocycles. The molecule has 140 valence electrons. The summed E-state index contributed by atoms with van der Waals surface area (Å²) in [5.41, 5.74) is 6.74. The van der Waals surface area contributed by atoms with Crippen LogP contribution in [0.25, 0.3) is 16.9 Å². The highest BCUT2D eigenvalue weighted by Gasteiger charge is 2.25. The van der Waals surface area contributed by atoms with E-state index >= 15 is 0 Å². The number of aryl methyl sites for hydroxylation is 1. The van der Waals surface area contributed by atoms with Gasteiger partial charge in [-0.2, -0.15) is 5.10 Å². The van der Waals surface area contributed by atoms with E-state index in [0.29, 0.717) is 18.7 Å². The van der Waals surface area contributed by atoms with Gasteiger partial charge in [0.05, 0.1) is 17.0 Å². The summed E-state index contributed by atoms with van der Waals surface area (Å²) in [5.74, 6) is 0.0376. The lowest BCUT2D eigenvalue weighted by atomic mass is 10.0. The van der Waals surface area contributed by atoms with Gasteiger partial charge in [0.25, 0.3) is 5.91 Å². The van der Waals surface area contributed by atoms with Crippen LogP contribution in [0.5, 0.6) is 0 Å². The molecule has 4 heterocycles. The Bertz CT molecular complexity index is 1160. The Labute approximate surface area is 162 Å². The van der Waals surface area contributed by atoms with E-state index in [4.69, 9.17) is 0 Å². The second-order valence-corrected chi connectivity index (χ2v) is 7.22. The van der Waals surface area contributed by atoms with Crippen LogP contribution in [0.4, 0.5) is 0 Å². The van der Waals surface area contributed by atoms with Crippen LogP contribution < -0.4 is 0 Å². The maximum Gasteiger partial charge on any atom is 0.257 e. The number of aromatic amines is 1. The van der Waals surface area contributed by atoms with Crippen LogP contribution in [0.15, 0.2) is 54.9 Å². The molecule has 0 atom stereocenters.